The number of halogens is 1. The first-order chi connectivity index (χ1) is 32.8. The van der Waals surface area contributed by atoms with Crippen LogP contribution in [0.4, 0.5) is 0 Å². The number of piperidine rings is 2. The van der Waals surface area contributed by atoms with Gasteiger partial charge >= 0.3 is 5.97 Å². The summed E-state index contributed by atoms with van der Waals surface area (Å²) >= 11 is 8.16. The molecule has 1 aliphatic carbocycles. The topological polar surface area (TPSA) is 207 Å². The van der Waals surface area contributed by atoms with Crippen molar-refractivity contribution in [2.75, 3.05) is 46.4 Å². The van der Waals surface area contributed by atoms with E-state index >= 15 is 0 Å². The molecule has 5 aliphatic rings. The molecule has 10 rings (SSSR count). The van der Waals surface area contributed by atoms with Crippen LogP contribution in [0.25, 0.3) is 32.2 Å². The molecule has 4 aliphatic heterocycles. The number of nitrogens with one attached hydrogen (secondary N) is 2. The monoisotopic (exact) mass is 968 g/mol. The molecule has 2 aromatic carbocycles. The minimum atomic E-state index is -0.927. The lowest BCUT2D eigenvalue weighted by molar-refractivity contribution is -0.172. The summed E-state index contributed by atoms with van der Waals surface area (Å²) in [5.74, 6) is -0.897. The molecule has 0 radical (unpaired) electrons. The van der Waals surface area contributed by atoms with Gasteiger partial charge in [0, 0.05) is 116 Å². The molecule has 3 amide bonds. The Labute approximate surface area is 402 Å². The van der Waals surface area contributed by atoms with Crippen LogP contribution in [0.1, 0.15) is 72.7 Å². The molecule has 7 atom stereocenters. The van der Waals surface area contributed by atoms with Gasteiger partial charge in [-0.3, -0.25) is 29.1 Å². The third-order valence-corrected chi connectivity index (χ3v) is 16.3. The number of aliphatic hydroxyl groups is 2. The van der Waals surface area contributed by atoms with Crippen molar-refractivity contribution >= 4 is 67.7 Å². The average Bonchev–Trinajstić information content (AvgIpc) is 4.02. The zero-order valence-corrected chi connectivity index (χ0v) is 39.7. The number of carbonyl (C=O) groups is 4. The quantitative estimate of drug-likeness (QED) is 0.0947. The number of benzene rings is 2. The van der Waals surface area contributed by atoms with E-state index in [0.29, 0.717) is 68.9 Å². The number of rotatable bonds is 13. The number of pyridine rings is 1. The maximum absolute atomic E-state index is 13.3. The summed E-state index contributed by atoms with van der Waals surface area (Å²) in [6, 6.07) is 13.4. The van der Waals surface area contributed by atoms with Crippen LogP contribution in [-0.4, -0.2) is 135 Å². The second-order valence-corrected chi connectivity index (χ2v) is 20.6. The molecule has 5 aromatic rings. The summed E-state index contributed by atoms with van der Waals surface area (Å²) in [5.41, 5.74) is 6.65. The Balaban J connectivity index is 0.708. The fourth-order valence-electron chi connectivity index (χ4n) is 11.6. The lowest BCUT2D eigenvalue weighted by atomic mass is 9.64. The van der Waals surface area contributed by atoms with Crippen molar-refractivity contribution in [1.82, 2.24) is 30.0 Å². The number of aromatic amines is 1. The summed E-state index contributed by atoms with van der Waals surface area (Å²) in [6.45, 7) is 4.85. The second kappa shape index (κ2) is 19.2. The number of amides is 3. The van der Waals surface area contributed by atoms with E-state index in [1.807, 2.05) is 54.3 Å². The van der Waals surface area contributed by atoms with Gasteiger partial charge in [0.25, 0.3) is 5.91 Å². The maximum Gasteiger partial charge on any atom is 0.309 e. The van der Waals surface area contributed by atoms with Crippen LogP contribution in [0.15, 0.2) is 48.7 Å². The molecule has 16 nitrogen and oxygen atoms in total. The van der Waals surface area contributed by atoms with Crippen LogP contribution in [0.5, 0.6) is 11.5 Å². The van der Waals surface area contributed by atoms with Crippen LogP contribution in [-0.2, 0) is 36.9 Å². The molecule has 0 spiro atoms. The highest BCUT2D eigenvalue weighted by Crippen LogP contribution is 2.50. The number of aromatic nitrogens is 2. The van der Waals surface area contributed by atoms with Gasteiger partial charge in [0.1, 0.15) is 23.8 Å². The number of nitrogens with zero attached hydrogens (tertiary/aromatic N) is 4. The van der Waals surface area contributed by atoms with Gasteiger partial charge in [0.2, 0.25) is 11.8 Å². The number of aryl methyl sites for hydroxylation is 1. The van der Waals surface area contributed by atoms with Crippen molar-refractivity contribution in [1.29, 1.82) is 0 Å². The Morgan fingerprint density at radius 3 is 2.60 bits per heavy atom. The summed E-state index contributed by atoms with van der Waals surface area (Å²) in [5, 5.41) is 35.7. The number of hydrogen-bond acceptors (Lipinski definition) is 12. The number of carboxylic acid groups (broad SMARTS) is 1. The van der Waals surface area contributed by atoms with Crippen molar-refractivity contribution in [3.05, 3.63) is 75.4 Å². The summed E-state index contributed by atoms with van der Waals surface area (Å²) in [6.07, 6.45) is 3.49. The van der Waals surface area contributed by atoms with E-state index in [9.17, 15) is 34.5 Å². The average molecular weight is 970 g/mol. The fourth-order valence-corrected chi connectivity index (χ4v) is 13.0. The van der Waals surface area contributed by atoms with Gasteiger partial charge in [-0.05, 0) is 91.6 Å². The number of aliphatic hydroxyl groups excluding tert-OH is 2. The van der Waals surface area contributed by atoms with Gasteiger partial charge in [-0.1, -0.05) is 11.6 Å². The standard InChI is InChI=1S/C50H57ClN6O10S/c1-26-17-28(51)19-36(33-7-12-52-38-21-31(68-49(33)38)24-57-43(61)5-6-44(57)62)47(26)67-29-9-14-55(15-10-29)42(60)8-13-53-41(59)25-66-30-3-4-37-35(20-30)32-11-16-56-23-27-18-40(58)48(65-2)45(50(63)64)34(27)22-39(56)46(32)54-37/h3-4,7,12,17,19-21,27,29,34,39-40,43,45,48,54,58,61H,5-6,8-11,13-16,18,22-25H2,1-2H3,(H,53,59)(H,63,64)/t27-,34+,39-,40-,43?,45+,48+/m1/s1. The molecule has 68 heavy (non-hydrogen) atoms. The van der Waals surface area contributed by atoms with E-state index in [-0.39, 0.29) is 61.3 Å². The van der Waals surface area contributed by atoms with Crippen LogP contribution < -0.4 is 14.8 Å². The van der Waals surface area contributed by atoms with Crippen molar-refractivity contribution in [2.45, 2.75) is 95.4 Å². The number of carbonyl (C=O) groups excluding carboxylic acids is 3. The number of likely N-dealkylation sites (tertiary alicyclic amines) is 2. The molecule has 1 unspecified atom stereocenters. The van der Waals surface area contributed by atoms with E-state index in [0.717, 1.165) is 73.6 Å². The molecule has 3 aromatic heterocycles. The fraction of sp³-hybridized carbons (Fsp3) is 0.500. The predicted octanol–water partition coefficient (Wildman–Crippen LogP) is 5.82. The molecule has 18 heteroatoms. The molecule has 7 heterocycles. The Morgan fingerprint density at radius 1 is 1.01 bits per heavy atom. The zero-order chi connectivity index (χ0) is 47.4. The first-order valence-corrected chi connectivity index (χ1v) is 24.8. The second-order valence-electron chi connectivity index (χ2n) is 19.0. The number of carboxylic acids is 1. The lowest BCUT2D eigenvalue weighted by Crippen LogP contribution is -2.57. The van der Waals surface area contributed by atoms with E-state index in [1.54, 1.807) is 6.20 Å². The molecule has 1 saturated carbocycles. The van der Waals surface area contributed by atoms with Gasteiger partial charge in [-0.15, -0.1) is 11.3 Å². The van der Waals surface area contributed by atoms with E-state index in [2.05, 4.69) is 20.2 Å². The zero-order valence-electron chi connectivity index (χ0n) is 38.1. The van der Waals surface area contributed by atoms with Crippen LogP contribution in [0.3, 0.4) is 0 Å². The molecule has 0 bridgehead atoms. The number of aliphatic carboxylic acids is 1. The summed E-state index contributed by atoms with van der Waals surface area (Å²) in [7, 11) is 1.47. The summed E-state index contributed by atoms with van der Waals surface area (Å²) < 4.78 is 19.1. The van der Waals surface area contributed by atoms with Crippen molar-refractivity contribution in [2.24, 2.45) is 17.8 Å². The Kier molecular flexibility index (Phi) is 13.1. The molecular weight excluding hydrogens is 912 g/mol. The van der Waals surface area contributed by atoms with E-state index < -0.39 is 30.3 Å². The van der Waals surface area contributed by atoms with Gasteiger partial charge in [-0.2, -0.15) is 0 Å². The number of ether oxygens (including phenoxy) is 3. The third kappa shape index (κ3) is 9.04. The number of thiophene rings is 1. The Hall–Kier alpha value is -5.30. The van der Waals surface area contributed by atoms with Crippen LogP contribution in [0.2, 0.25) is 5.02 Å². The first kappa shape index (κ1) is 46.4. The molecule has 360 valence electrons. The minimum Gasteiger partial charge on any atom is -0.489 e. The minimum absolute atomic E-state index is 0.0245. The largest absolute Gasteiger partial charge is 0.489 e. The first-order valence-electron chi connectivity index (χ1n) is 23.6. The smallest absolute Gasteiger partial charge is 0.309 e. The lowest BCUT2D eigenvalue weighted by Gasteiger charge is -2.52. The molecule has 4 fully saturated rings. The van der Waals surface area contributed by atoms with Crippen molar-refractivity contribution in [3.63, 3.8) is 0 Å². The highest BCUT2D eigenvalue weighted by atomic mass is 35.5. The predicted molar refractivity (Wildman–Crippen MR) is 254 cm³/mol. The molecular formula is C50H57ClN6O10S. The van der Waals surface area contributed by atoms with E-state index in [4.69, 9.17) is 25.8 Å². The number of fused-ring (bicyclic) bond motifs is 7. The highest BCUT2D eigenvalue weighted by Gasteiger charge is 2.53. The SMILES string of the molecule is CO[C@@H]1[C@@H](C(=O)O)[C@H]2C[C@@H]3c4[nH]c5ccc(OCC(=O)NCCC(=O)N6CCC(Oc7c(C)cc(Cl)cc7-c7ccnc8cc(CN9C(=O)CCC9O)sc78)CC6)cc5c4CCN3C[C@H]2C[C@H]1O. The number of methoxy groups -OCH3 is 1. The normalized spacial score (nSPS) is 25.3. The van der Waals surface area contributed by atoms with Crippen molar-refractivity contribution in [3.8, 4) is 22.6 Å². The van der Waals surface area contributed by atoms with Gasteiger partial charge in [0.05, 0.1) is 40.9 Å². The highest BCUT2D eigenvalue weighted by molar-refractivity contribution is 7.19. The van der Waals surface area contributed by atoms with Crippen LogP contribution in [0, 0.1) is 24.7 Å². The Morgan fingerprint density at radius 2 is 1.84 bits per heavy atom. The summed E-state index contributed by atoms with van der Waals surface area (Å²) in [4.78, 5) is 65.9. The van der Waals surface area contributed by atoms with E-state index in [1.165, 1.54) is 28.9 Å². The van der Waals surface area contributed by atoms with Gasteiger partial charge in [-0.25, -0.2) is 0 Å². The van der Waals surface area contributed by atoms with Crippen LogP contribution >= 0.6 is 22.9 Å². The third-order valence-electron chi connectivity index (χ3n) is 14.9. The van der Waals surface area contributed by atoms with Crippen molar-refractivity contribution < 1.29 is 48.7 Å². The maximum atomic E-state index is 13.3. The number of H-pyrrole nitrogens is 1. The Bertz CT molecular complexity index is 2750. The van der Waals surface area contributed by atoms with Gasteiger partial charge in [0.15, 0.2) is 6.61 Å². The number of hydrogen-bond donors (Lipinski definition) is 5. The molecule has 5 N–H and O–H groups in total. The molecule has 3 saturated heterocycles. The van der Waals surface area contributed by atoms with Gasteiger partial charge < -0.3 is 49.6 Å².